The summed E-state index contributed by atoms with van der Waals surface area (Å²) in [5.41, 5.74) is 0.103. The van der Waals surface area contributed by atoms with Crippen molar-refractivity contribution in [3.05, 3.63) is 35.9 Å². The van der Waals surface area contributed by atoms with Gasteiger partial charge >= 0.3 is 6.09 Å². The van der Waals surface area contributed by atoms with Crippen molar-refractivity contribution in [1.29, 1.82) is 0 Å². The Morgan fingerprint density at radius 2 is 1.85 bits per heavy atom. The van der Waals surface area contributed by atoms with Crippen molar-refractivity contribution in [1.82, 2.24) is 15.5 Å². The molecule has 0 radical (unpaired) electrons. The molecule has 3 amide bonds. The standard InChI is InChI=1S/C25H39N3O4S/c1-6-7-16-26-22(29)21(18-11-9-8-10-12-18)28(19-13-14-19)23(30)20(15-17-33-5)27-24(31)32-25(2,3)4/h8-12,19-21H,6-7,13-17H2,1-5H3,(H,26,29)(H,27,31). The van der Waals surface area contributed by atoms with Crippen molar-refractivity contribution >= 4 is 29.7 Å². The highest BCUT2D eigenvalue weighted by molar-refractivity contribution is 7.98. The van der Waals surface area contributed by atoms with E-state index >= 15 is 0 Å². The molecule has 1 aromatic carbocycles. The largest absolute Gasteiger partial charge is 0.444 e. The summed E-state index contributed by atoms with van der Waals surface area (Å²) in [7, 11) is 0. The van der Waals surface area contributed by atoms with Crippen LogP contribution in [0.3, 0.4) is 0 Å². The van der Waals surface area contributed by atoms with Gasteiger partial charge in [0, 0.05) is 12.6 Å². The van der Waals surface area contributed by atoms with E-state index in [9.17, 15) is 14.4 Å². The number of hydrogen-bond donors (Lipinski definition) is 2. The Kier molecular flexibility index (Phi) is 10.5. The van der Waals surface area contributed by atoms with E-state index in [0.717, 1.165) is 31.2 Å². The summed E-state index contributed by atoms with van der Waals surface area (Å²) >= 11 is 1.61. The van der Waals surface area contributed by atoms with Crippen LogP contribution in [0.5, 0.6) is 0 Å². The number of amides is 3. The van der Waals surface area contributed by atoms with Crippen LogP contribution < -0.4 is 10.6 Å². The van der Waals surface area contributed by atoms with Gasteiger partial charge in [0.25, 0.3) is 0 Å². The first kappa shape index (κ1) is 27.0. The molecular weight excluding hydrogens is 438 g/mol. The van der Waals surface area contributed by atoms with Gasteiger partial charge in [-0.25, -0.2) is 4.79 Å². The van der Waals surface area contributed by atoms with Gasteiger partial charge in [-0.05, 0) is 64.0 Å². The Morgan fingerprint density at radius 1 is 1.18 bits per heavy atom. The molecule has 1 aliphatic rings. The third kappa shape index (κ3) is 8.91. The van der Waals surface area contributed by atoms with Crippen LogP contribution in [0.25, 0.3) is 0 Å². The predicted octanol–water partition coefficient (Wildman–Crippen LogP) is 4.28. The fourth-order valence-electron chi connectivity index (χ4n) is 3.55. The molecule has 7 nitrogen and oxygen atoms in total. The maximum absolute atomic E-state index is 13.8. The molecule has 1 aromatic rings. The first-order valence-corrected chi connectivity index (χ1v) is 13.2. The highest BCUT2D eigenvalue weighted by atomic mass is 32.2. The van der Waals surface area contributed by atoms with Gasteiger partial charge in [-0.2, -0.15) is 11.8 Å². The van der Waals surface area contributed by atoms with Gasteiger partial charge in [0.15, 0.2) is 0 Å². The molecular formula is C25H39N3O4S. The number of ether oxygens (including phenoxy) is 1. The van der Waals surface area contributed by atoms with Crippen LogP contribution >= 0.6 is 11.8 Å². The molecule has 1 aliphatic carbocycles. The molecule has 33 heavy (non-hydrogen) atoms. The summed E-state index contributed by atoms with van der Waals surface area (Å²) in [5.74, 6) is 0.274. The summed E-state index contributed by atoms with van der Waals surface area (Å²) in [5, 5.41) is 5.78. The Balaban J connectivity index is 2.33. The smallest absolute Gasteiger partial charge is 0.408 e. The molecule has 2 unspecified atom stereocenters. The monoisotopic (exact) mass is 477 g/mol. The van der Waals surface area contributed by atoms with Crippen molar-refractivity contribution in [3.63, 3.8) is 0 Å². The third-order valence-corrected chi connectivity index (χ3v) is 5.91. The van der Waals surface area contributed by atoms with Gasteiger partial charge in [-0.15, -0.1) is 0 Å². The lowest BCUT2D eigenvalue weighted by Gasteiger charge is -2.34. The molecule has 0 aliphatic heterocycles. The number of rotatable bonds is 12. The average Bonchev–Trinajstić information content (AvgIpc) is 3.59. The average molecular weight is 478 g/mol. The highest BCUT2D eigenvalue weighted by Crippen LogP contribution is 2.35. The SMILES string of the molecule is CCCCNC(=O)C(c1ccccc1)N(C(=O)C(CCSC)NC(=O)OC(C)(C)C)C1CC1. The van der Waals surface area contributed by atoms with Crippen molar-refractivity contribution < 1.29 is 19.1 Å². The minimum absolute atomic E-state index is 0.0168. The topological polar surface area (TPSA) is 87.7 Å². The van der Waals surface area contributed by atoms with E-state index in [-0.39, 0.29) is 17.9 Å². The van der Waals surface area contributed by atoms with E-state index in [1.807, 2.05) is 36.6 Å². The maximum atomic E-state index is 13.8. The van der Waals surface area contributed by atoms with Crippen LogP contribution in [-0.2, 0) is 14.3 Å². The zero-order chi connectivity index (χ0) is 24.4. The summed E-state index contributed by atoms with van der Waals surface area (Å²) < 4.78 is 5.41. The van der Waals surface area contributed by atoms with Crippen LogP contribution in [0.4, 0.5) is 4.79 Å². The van der Waals surface area contributed by atoms with Gasteiger partial charge in [0.1, 0.15) is 17.7 Å². The van der Waals surface area contributed by atoms with Crippen molar-refractivity contribution in [2.24, 2.45) is 0 Å². The minimum Gasteiger partial charge on any atom is -0.444 e. The Labute approximate surface area is 202 Å². The van der Waals surface area contributed by atoms with Gasteiger partial charge in [-0.3, -0.25) is 9.59 Å². The van der Waals surface area contributed by atoms with Crippen LogP contribution in [0.15, 0.2) is 30.3 Å². The number of thioether (sulfide) groups is 1. The number of carbonyl (C=O) groups excluding carboxylic acids is 3. The number of benzene rings is 1. The summed E-state index contributed by atoms with van der Waals surface area (Å²) in [4.78, 5) is 41.4. The van der Waals surface area contributed by atoms with Crippen LogP contribution in [-0.4, -0.2) is 59.0 Å². The van der Waals surface area contributed by atoms with Crippen LogP contribution in [0.1, 0.15) is 71.4 Å². The van der Waals surface area contributed by atoms with Gasteiger partial charge in [0.2, 0.25) is 11.8 Å². The normalized spacial score (nSPS) is 15.3. The highest BCUT2D eigenvalue weighted by Gasteiger charge is 2.43. The summed E-state index contributed by atoms with van der Waals surface area (Å²) in [6.45, 7) is 7.99. The van der Waals surface area contributed by atoms with E-state index in [0.29, 0.717) is 18.7 Å². The molecule has 184 valence electrons. The van der Waals surface area contributed by atoms with Gasteiger partial charge < -0.3 is 20.3 Å². The molecule has 0 heterocycles. The van der Waals surface area contributed by atoms with Crippen molar-refractivity contribution in [3.8, 4) is 0 Å². The zero-order valence-corrected chi connectivity index (χ0v) is 21.4. The minimum atomic E-state index is -0.762. The number of nitrogens with one attached hydrogen (secondary N) is 2. The lowest BCUT2D eigenvalue weighted by Crippen LogP contribution is -2.54. The molecule has 0 spiro atoms. The molecule has 0 saturated heterocycles. The van der Waals surface area contributed by atoms with Crippen LogP contribution in [0.2, 0.25) is 0 Å². The van der Waals surface area contributed by atoms with Crippen LogP contribution in [0, 0.1) is 0 Å². The summed E-state index contributed by atoms with van der Waals surface area (Å²) in [6.07, 6.45) is 5.33. The second kappa shape index (κ2) is 12.9. The molecule has 2 rings (SSSR count). The maximum Gasteiger partial charge on any atom is 0.408 e. The fraction of sp³-hybridized carbons (Fsp3) is 0.640. The Morgan fingerprint density at radius 3 is 2.39 bits per heavy atom. The van der Waals surface area contributed by atoms with Gasteiger partial charge in [0.05, 0.1) is 0 Å². The van der Waals surface area contributed by atoms with Crippen molar-refractivity contribution in [2.45, 2.75) is 83.5 Å². The Hall–Kier alpha value is -2.22. The quantitative estimate of drug-likeness (QED) is 0.439. The molecule has 1 saturated carbocycles. The van der Waals surface area contributed by atoms with E-state index < -0.39 is 23.8 Å². The third-order valence-electron chi connectivity index (χ3n) is 5.27. The number of hydrogen-bond acceptors (Lipinski definition) is 5. The molecule has 8 heteroatoms. The lowest BCUT2D eigenvalue weighted by molar-refractivity contribution is -0.143. The predicted molar refractivity (Wildman–Crippen MR) is 133 cm³/mol. The van der Waals surface area contributed by atoms with Gasteiger partial charge in [-0.1, -0.05) is 43.7 Å². The van der Waals surface area contributed by atoms with E-state index in [1.54, 1.807) is 37.4 Å². The Bertz CT molecular complexity index is 778. The second-order valence-corrected chi connectivity index (χ2v) is 10.4. The first-order chi connectivity index (χ1) is 15.7. The second-order valence-electron chi connectivity index (χ2n) is 9.41. The number of alkyl carbamates (subject to hydrolysis) is 1. The zero-order valence-electron chi connectivity index (χ0n) is 20.6. The first-order valence-electron chi connectivity index (χ1n) is 11.8. The molecule has 1 fully saturated rings. The summed E-state index contributed by atoms with van der Waals surface area (Å²) in [6, 6.07) is 7.89. The van der Waals surface area contributed by atoms with E-state index in [2.05, 4.69) is 17.6 Å². The van der Waals surface area contributed by atoms with E-state index in [4.69, 9.17) is 4.74 Å². The molecule has 2 N–H and O–H groups in total. The van der Waals surface area contributed by atoms with Crippen molar-refractivity contribution in [2.75, 3.05) is 18.6 Å². The number of unbranched alkanes of at least 4 members (excludes halogenated alkanes) is 1. The number of carbonyl (C=O) groups is 3. The fourth-order valence-corrected chi connectivity index (χ4v) is 4.02. The number of nitrogens with zero attached hydrogens (tertiary/aromatic N) is 1. The molecule has 0 aromatic heterocycles. The molecule has 2 atom stereocenters. The van der Waals surface area contributed by atoms with E-state index in [1.165, 1.54) is 0 Å². The molecule has 0 bridgehead atoms. The lowest BCUT2D eigenvalue weighted by atomic mass is 10.0.